The lowest BCUT2D eigenvalue weighted by molar-refractivity contribution is -0.142. The number of sulfonamides is 1. The molecule has 0 fully saturated rings. The quantitative estimate of drug-likeness (QED) is 0.645. The number of hydrogen-bond acceptors (Lipinski definition) is 4. The Hall–Kier alpha value is -0.590. The fraction of sp³-hybridized carbons (Fsp3) is 0.800. The van der Waals surface area contributed by atoms with Gasteiger partial charge in [0.1, 0.15) is 0 Å². The van der Waals surface area contributed by atoms with Crippen molar-refractivity contribution in [2.45, 2.75) is 71.1 Å². The maximum Gasteiger partial charge on any atom is 0.309 e. The molecule has 0 saturated heterocycles. The van der Waals surface area contributed by atoms with Crippen LogP contribution in [0.3, 0.4) is 0 Å². The summed E-state index contributed by atoms with van der Waals surface area (Å²) in [6.07, 6.45) is 3.90. The molecular formula is C15H28ClNO4S. The third-order valence-corrected chi connectivity index (χ3v) is 5.68. The first-order valence-corrected chi connectivity index (χ1v) is 9.44. The molecule has 0 aliphatic rings. The minimum absolute atomic E-state index is 0.0343. The summed E-state index contributed by atoms with van der Waals surface area (Å²) < 4.78 is 31.1. The number of rotatable bonds is 9. The first-order valence-electron chi connectivity index (χ1n) is 7.58. The minimum atomic E-state index is -3.51. The number of ether oxygens (including phenoxy) is 1. The molecule has 0 spiro atoms. The van der Waals surface area contributed by atoms with Crippen LogP contribution in [-0.2, 0) is 19.6 Å². The summed E-state index contributed by atoms with van der Waals surface area (Å²) in [6, 6.07) is -0.514. The molecule has 130 valence electrons. The van der Waals surface area contributed by atoms with Crippen molar-refractivity contribution in [1.29, 1.82) is 0 Å². The molecule has 0 heterocycles. The monoisotopic (exact) mass is 353 g/mol. The van der Waals surface area contributed by atoms with Gasteiger partial charge in [-0.05, 0) is 34.1 Å². The normalized spacial score (nSPS) is 14.7. The smallest absolute Gasteiger partial charge is 0.309 e. The number of esters is 1. The average molecular weight is 354 g/mol. The van der Waals surface area contributed by atoms with Gasteiger partial charge in [-0.2, -0.15) is 0 Å². The van der Waals surface area contributed by atoms with Crippen molar-refractivity contribution in [3.05, 3.63) is 11.1 Å². The number of unbranched alkanes of at least 4 members (excludes halogenated alkanes) is 1. The highest BCUT2D eigenvalue weighted by Crippen LogP contribution is 2.21. The molecule has 0 rings (SSSR count). The largest absolute Gasteiger partial charge is 0.466 e. The number of carbonyl (C=O) groups is 1. The third-order valence-electron chi connectivity index (χ3n) is 3.05. The van der Waals surface area contributed by atoms with Crippen molar-refractivity contribution >= 4 is 27.6 Å². The Bertz CT molecular complexity index is 480. The van der Waals surface area contributed by atoms with E-state index in [4.69, 9.17) is 16.3 Å². The topological polar surface area (TPSA) is 72.5 Å². The zero-order valence-electron chi connectivity index (χ0n) is 14.1. The van der Waals surface area contributed by atoms with Gasteiger partial charge in [-0.15, -0.1) is 0 Å². The Labute approximate surface area is 139 Å². The fourth-order valence-corrected chi connectivity index (χ4v) is 2.85. The molecule has 0 aliphatic carbocycles. The van der Waals surface area contributed by atoms with Crippen LogP contribution < -0.4 is 4.72 Å². The molecule has 0 radical (unpaired) electrons. The van der Waals surface area contributed by atoms with E-state index in [1.807, 2.05) is 6.92 Å². The van der Waals surface area contributed by atoms with Crippen LogP contribution in [0.4, 0.5) is 0 Å². The number of nitrogens with one attached hydrogen (secondary N) is 1. The van der Waals surface area contributed by atoms with Crippen LogP contribution in [-0.4, -0.2) is 31.8 Å². The fourth-order valence-electron chi connectivity index (χ4n) is 1.57. The van der Waals surface area contributed by atoms with E-state index in [0.717, 1.165) is 12.8 Å². The molecule has 0 amide bonds. The molecule has 1 N–H and O–H groups in total. The van der Waals surface area contributed by atoms with Gasteiger partial charge in [0.25, 0.3) is 0 Å². The number of halogens is 1. The van der Waals surface area contributed by atoms with Gasteiger partial charge in [-0.1, -0.05) is 37.4 Å². The van der Waals surface area contributed by atoms with Crippen LogP contribution in [0.2, 0.25) is 0 Å². The highest BCUT2D eigenvalue weighted by molar-refractivity contribution is 7.90. The van der Waals surface area contributed by atoms with E-state index in [-0.39, 0.29) is 12.4 Å². The first-order chi connectivity index (χ1) is 10.0. The second kappa shape index (κ2) is 9.53. The van der Waals surface area contributed by atoms with Crippen LogP contribution in [0.25, 0.3) is 0 Å². The molecule has 7 heteroatoms. The first kappa shape index (κ1) is 21.4. The Morgan fingerprint density at radius 2 is 1.91 bits per heavy atom. The lowest BCUT2D eigenvalue weighted by Crippen LogP contribution is -2.44. The molecule has 0 bridgehead atoms. The lowest BCUT2D eigenvalue weighted by atomic mass is 10.1. The summed E-state index contributed by atoms with van der Waals surface area (Å²) in [7, 11) is -3.51. The van der Waals surface area contributed by atoms with E-state index in [0.29, 0.717) is 18.1 Å². The molecular weight excluding hydrogens is 326 g/mol. The zero-order valence-corrected chi connectivity index (χ0v) is 15.7. The summed E-state index contributed by atoms with van der Waals surface area (Å²) in [5.74, 6) is -0.381. The summed E-state index contributed by atoms with van der Waals surface area (Å²) >= 11 is 6.21. The predicted octanol–water partition coefficient (Wildman–Crippen LogP) is 3.34. The summed E-state index contributed by atoms with van der Waals surface area (Å²) in [6.45, 7) is 8.93. The van der Waals surface area contributed by atoms with E-state index in [2.05, 4.69) is 4.72 Å². The standard InChI is InChI=1S/C15H28ClNO4S/c1-6-8-9-13(17-22(19,20)15(3,4)5)12(16)10-11-14(18)21-7-2/h10,13,17H,6-9,11H2,1-5H3/b12-10-/t13-/m0/s1. The van der Waals surface area contributed by atoms with Gasteiger partial charge in [0, 0.05) is 5.03 Å². The van der Waals surface area contributed by atoms with Crippen LogP contribution in [0.15, 0.2) is 11.1 Å². The second-order valence-corrected chi connectivity index (χ2v) is 8.93. The summed E-state index contributed by atoms with van der Waals surface area (Å²) in [4.78, 5) is 11.4. The van der Waals surface area contributed by atoms with Crippen molar-refractivity contribution in [3.63, 3.8) is 0 Å². The van der Waals surface area contributed by atoms with Gasteiger partial charge in [0.05, 0.1) is 23.8 Å². The SMILES string of the molecule is CCCC[C@H](NS(=O)(=O)C(C)(C)C)/C(Cl)=C/CC(=O)OCC. The van der Waals surface area contributed by atoms with Crippen LogP contribution in [0.1, 0.15) is 60.3 Å². The van der Waals surface area contributed by atoms with E-state index < -0.39 is 20.8 Å². The van der Waals surface area contributed by atoms with Crippen molar-refractivity contribution in [2.75, 3.05) is 6.61 Å². The molecule has 5 nitrogen and oxygen atoms in total. The molecule has 1 atom stereocenters. The summed E-state index contributed by atoms with van der Waals surface area (Å²) in [5.41, 5.74) is 0. The third kappa shape index (κ3) is 7.61. The molecule has 0 aliphatic heterocycles. The Balaban J connectivity index is 5.04. The number of hydrogen-bond donors (Lipinski definition) is 1. The molecule has 0 aromatic carbocycles. The molecule has 0 aromatic rings. The van der Waals surface area contributed by atoms with Gasteiger partial charge in [-0.25, -0.2) is 13.1 Å². The Kier molecular flexibility index (Phi) is 9.27. The Morgan fingerprint density at radius 1 is 1.32 bits per heavy atom. The highest BCUT2D eigenvalue weighted by atomic mass is 35.5. The maximum absolute atomic E-state index is 12.3. The van der Waals surface area contributed by atoms with Crippen molar-refractivity contribution < 1.29 is 17.9 Å². The van der Waals surface area contributed by atoms with Crippen molar-refractivity contribution in [2.24, 2.45) is 0 Å². The van der Waals surface area contributed by atoms with E-state index in [1.165, 1.54) is 6.08 Å². The van der Waals surface area contributed by atoms with E-state index >= 15 is 0 Å². The predicted molar refractivity (Wildman–Crippen MR) is 90.3 cm³/mol. The molecule has 0 aromatic heterocycles. The van der Waals surface area contributed by atoms with Gasteiger partial charge in [0.2, 0.25) is 10.0 Å². The van der Waals surface area contributed by atoms with Crippen molar-refractivity contribution in [1.82, 2.24) is 4.72 Å². The van der Waals surface area contributed by atoms with Crippen LogP contribution in [0, 0.1) is 0 Å². The molecule has 0 unspecified atom stereocenters. The van der Waals surface area contributed by atoms with E-state index in [1.54, 1.807) is 27.7 Å². The second-order valence-electron chi connectivity index (χ2n) is 6.03. The van der Waals surface area contributed by atoms with E-state index in [9.17, 15) is 13.2 Å². The number of carbonyl (C=O) groups excluding carboxylic acids is 1. The van der Waals surface area contributed by atoms with Crippen molar-refractivity contribution in [3.8, 4) is 0 Å². The highest BCUT2D eigenvalue weighted by Gasteiger charge is 2.31. The zero-order chi connectivity index (χ0) is 17.4. The van der Waals surface area contributed by atoms with Gasteiger partial charge in [0.15, 0.2) is 0 Å². The van der Waals surface area contributed by atoms with Crippen LogP contribution in [0.5, 0.6) is 0 Å². The van der Waals surface area contributed by atoms with Gasteiger partial charge < -0.3 is 4.74 Å². The lowest BCUT2D eigenvalue weighted by Gasteiger charge is -2.25. The minimum Gasteiger partial charge on any atom is -0.466 e. The molecule has 22 heavy (non-hydrogen) atoms. The van der Waals surface area contributed by atoms with Crippen LogP contribution >= 0.6 is 11.6 Å². The molecule has 0 saturated carbocycles. The Morgan fingerprint density at radius 3 is 2.36 bits per heavy atom. The summed E-state index contributed by atoms with van der Waals surface area (Å²) in [5, 5.41) is 0.328. The maximum atomic E-state index is 12.3. The van der Waals surface area contributed by atoms with Gasteiger partial charge in [-0.3, -0.25) is 4.79 Å². The average Bonchev–Trinajstić information content (AvgIpc) is 2.39. The van der Waals surface area contributed by atoms with Gasteiger partial charge >= 0.3 is 5.97 Å².